The Labute approximate surface area is 148 Å². The molecule has 1 atom stereocenters. The van der Waals surface area contributed by atoms with Gasteiger partial charge in [-0.05, 0) is 23.1 Å². The van der Waals surface area contributed by atoms with Crippen molar-refractivity contribution in [1.82, 2.24) is 5.32 Å². The van der Waals surface area contributed by atoms with Crippen molar-refractivity contribution in [2.75, 3.05) is 0 Å². The van der Waals surface area contributed by atoms with E-state index in [2.05, 4.69) is 5.32 Å². The van der Waals surface area contributed by atoms with Crippen LogP contribution in [0.15, 0.2) is 60.7 Å². The van der Waals surface area contributed by atoms with E-state index < -0.39 is 23.5 Å². The molecule has 0 heterocycles. The summed E-state index contributed by atoms with van der Waals surface area (Å²) in [7, 11) is 0. The smallest absolute Gasteiger partial charge is 0.413 e. The Hall–Kier alpha value is -2.82. The van der Waals surface area contributed by atoms with E-state index in [1.165, 1.54) is 0 Å². The van der Waals surface area contributed by atoms with Gasteiger partial charge in [0.2, 0.25) is 0 Å². The van der Waals surface area contributed by atoms with Crippen LogP contribution in [-0.2, 0) is 16.1 Å². The topological polar surface area (TPSA) is 64.6 Å². The maximum absolute atomic E-state index is 12.5. The molecule has 0 aromatic heterocycles. The first-order chi connectivity index (χ1) is 11.9. The van der Waals surface area contributed by atoms with Gasteiger partial charge in [0.25, 0.3) is 0 Å². The van der Waals surface area contributed by atoms with Gasteiger partial charge < -0.3 is 14.8 Å². The van der Waals surface area contributed by atoms with Crippen molar-refractivity contribution in [3.63, 3.8) is 0 Å². The molecule has 0 aliphatic carbocycles. The first-order valence-electron chi connectivity index (χ1n) is 8.10. The lowest BCUT2D eigenvalue weighted by Crippen LogP contribution is -2.50. The molecule has 0 aliphatic rings. The molecule has 5 heteroatoms. The van der Waals surface area contributed by atoms with Crippen LogP contribution in [0.3, 0.4) is 0 Å². The van der Waals surface area contributed by atoms with Crippen molar-refractivity contribution in [2.45, 2.75) is 33.4 Å². The summed E-state index contributed by atoms with van der Waals surface area (Å²) >= 11 is 0. The Bertz CT molecular complexity index is 693. The Morgan fingerprint density at radius 2 is 1.52 bits per heavy atom. The van der Waals surface area contributed by atoms with E-state index in [0.717, 1.165) is 5.56 Å². The standard InChI is InChI=1S/C20H23NO4/c1-20(2,3)17(18(22)24-14-15-10-6-4-7-11-15)21-19(23)25-16-12-8-5-9-13-16/h4-13,17H,14H2,1-3H3,(H,21,23). The zero-order chi connectivity index (χ0) is 18.3. The lowest BCUT2D eigenvalue weighted by atomic mass is 9.87. The Morgan fingerprint density at radius 1 is 0.960 bits per heavy atom. The summed E-state index contributed by atoms with van der Waals surface area (Å²) < 4.78 is 10.6. The van der Waals surface area contributed by atoms with Crippen LogP contribution in [-0.4, -0.2) is 18.1 Å². The third kappa shape index (κ3) is 5.95. The third-order valence-electron chi connectivity index (χ3n) is 3.54. The van der Waals surface area contributed by atoms with E-state index in [4.69, 9.17) is 9.47 Å². The molecule has 0 saturated carbocycles. The summed E-state index contributed by atoms with van der Waals surface area (Å²) in [6, 6.07) is 17.2. The molecule has 1 N–H and O–H groups in total. The number of carbonyl (C=O) groups excluding carboxylic acids is 2. The fourth-order valence-corrected chi connectivity index (χ4v) is 2.18. The van der Waals surface area contributed by atoms with Crippen LogP contribution in [0.25, 0.3) is 0 Å². The zero-order valence-corrected chi connectivity index (χ0v) is 14.7. The maximum Gasteiger partial charge on any atom is 0.413 e. The predicted octanol–water partition coefficient (Wildman–Crippen LogP) is 3.93. The van der Waals surface area contributed by atoms with Crippen LogP contribution in [0.2, 0.25) is 0 Å². The number of hydrogen-bond donors (Lipinski definition) is 1. The van der Waals surface area contributed by atoms with Gasteiger partial charge in [-0.15, -0.1) is 0 Å². The molecule has 2 aromatic rings. The average molecular weight is 341 g/mol. The minimum absolute atomic E-state index is 0.154. The van der Waals surface area contributed by atoms with Crippen LogP contribution in [0.4, 0.5) is 4.79 Å². The lowest BCUT2D eigenvalue weighted by Gasteiger charge is -2.29. The van der Waals surface area contributed by atoms with Gasteiger partial charge in [0.05, 0.1) is 0 Å². The van der Waals surface area contributed by atoms with Gasteiger partial charge in [0.15, 0.2) is 0 Å². The van der Waals surface area contributed by atoms with Gasteiger partial charge in [0.1, 0.15) is 18.4 Å². The Kier molecular flexibility index (Phi) is 6.17. The molecule has 0 aliphatic heterocycles. The average Bonchev–Trinajstić information content (AvgIpc) is 2.58. The highest BCUT2D eigenvalue weighted by Gasteiger charge is 2.34. The van der Waals surface area contributed by atoms with Crippen LogP contribution < -0.4 is 10.1 Å². The van der Waals surface area contributed by atoms with E-state index in [-0.39, 0.29) is 6.61 Å². The first kappa shape index (κ1) is 18.5. The molecule has 5 nitrogen and oxygen atoms in total. The molecule has 0 radical (unpaired) electrons. The van der Waals surface area contributed by atoms with Crippen molar-refractivity contribution >= 4 is 12.1 Å². The molecule has 1 unspecified atom stereocenters. The van der Waals surface area contributed by atoms with Crippen LogP contribution in [0.5, 0.6) is 5.75 Å². The fraction of sp³-hybridized carbons (Fsp3) is 0.300. The number of esters is 1. The Morgan fingerprint density at radius 3 is 2.08 bits per heavy atom. The normalized spacial score (nSPS) is 12.1. The predicted molar refractivity (Wildman–Crippen MR) is 95.1 cm³/mol. The highest BCUT2D eigenvalue weighted by molar-refractivity contribution is 5.82. The summed E-state index contributed by atoms with van der Waals surface area (Å²) in [4.78, 5) is 24.6. The number of benzene rings is 2. The number of carbonyl (C=O) groups is 2. The van der Waals surface area contributed by atoms with Crippen molar-refractivity contribution < 1.29 is 19.1 Å². The molecule has 2 rings (SSSR count). The molecular formula is C20H23NO4. The quantitative estimate of drug-likeness (QED) is 0.837. The van der Waals surface area contributed by atoms with Crippen molar-refractivity contribution in [1.29, 1.82) is 0 Å². The second-order valence-electron chi connectivity index (χ2n) is 6.74. The zero-order valence-electron chi connectivity index (χ0n) is 14.7. The minimum Gasteiger partial charge on any atom is -0.459 e. The SMILES string of the molecule is CC(C)(C)C(NC(=O)Oc1ccccc1)C(=O)OCc1ccccc1. The van der Waals surface area contributed by atoms with Gasteiger partial charge >= 0.3 is 12.1 Å². The number of nitrogens with one attached hydrogen (secondary N) is 1. The molecule has 0 bridgehead atoms. The summed E-state index contributed by atoms with van der Waals surface area (Å²) in [5.74, 6) is -0.0910. The van der Waals surface area contributed by atoms with Gasteiger partial charge in [-0.3, -0.25) is 0 Å². The molecule has 1 amide bonds. The summed E-state index contributed by atoms with van der Waals surface area (Å²) in [6.07, 6.45) is -0.692. The van der Waals surface area contributed by atoms with Crippen molar-refractivity contribution in [3.05, 3.63) is 66.2 Å². The molecule has 0 spiro atoms. The summed E-state index contributed by atoms with van der Waals surface area (Å²) in [5, 5.41) is 2.61. The van der Waals surface area contributed by atoms with Crippen LogP contribution >= 0.6 is 0 Å². The molecule has 2 aromatic carbocycles. The lowest BCUT2D eigenvalue weighted by molar-refractivity contribution is -0.150. The van der Waals surface area contributed by atoms with Gasteiger partial charge in [0, 0.05) is 0 Å². The maximum atomic E-state index is 12.5. The largest absolute Gasteiger partial charge is 0.459 e. The van der Waals surface area contributed by atoms with E-state index in [1.807, 2.05) is 57.2 Å². The molecule has 25 heavy (non-hydrogen) atoms. The van der Waals surface area contributed by atoms with E-state index in [0.29, 0.717) is 5.75 Å². The minimum atomic E-state index is -0.826. The summed E-state index contributed by atoms with van der Waals surface area (Å²) in [5.41, 5.74) is 0.360. The van der Waals surface area contributed by atoms with Crippen molar-refractivity contribution in [2.24, 2.45) is 5.41 Å². The van der Waals surface area contributed by atoms with E-state index in [9.17, 15) is 9.59 Å². The van der Waals surface area contributed by atoms with Crippen molar-refractivity contribution in [3.8, 4) is 5.75 Å². The first-order valence-corrected chi connectivity index (χ1v) is 8.10. The molecule has 0 saturated heterocycles. The highest BCUT2D eigenvalue weighted by atomic mass is 16.6. The second kappa shape index (κ2) is 8.33. The number of ether oxygens (including phenoxy) is 2. The third-order valence-corrected chi connectivity index (χ3v) is 3.54. The second-order valence-corrected chi connectivity index (χ2v) is 6.74. The highest BCUT2D eigenvalue weighted by Crippen LogP contribution is 2.21. The van der Waals surface area contributed by atoms with Gasteiger partial charge in [-0.2, -0.15) is 0 Å². The summed E-state index contributed by atoms with van der Waals surface area (Å²) in [6.45, 7) is 5.71. The van der Waals surface area contributed by atoms with Gasteiger partial charge in [-0.1, -0.05) is 69.3 Å². The fourth-order valence-electron chi connectivity index (χ4n) is 2.18. The number of amides is 1. The van der Waals surface area contributed by atoms with Crippen LogP contribution in [0.1, 0.15) is 26.3 Å². The number of para-hydroxylation sites is 1. The molecule has 0 fully saturated rings. The van der Waals surface area contributed by atoms with E-state index in [1.54, 1.807) is 24.3 Å². The molecule has 132 valence electrons. The van der Waals surface area contributed by atoms with Gasteiger partial charge in [-0.25, -0.2) is 9.59 Å². The number of rotatable bonds is 5. The van der Waals surface area contributed by atoms with Crippen LogP contribution in [0, 0.1) is 5.41 Å². The van der Waals surface area contributed by atoms with E-state index >= 15 is 0 Å². The molecular weight excluding hydrogens is 318 g/mol. The Balaban J connectivity index is 1.98. The number of hydrogen-bond acceptors (Lipinski definition) is 4. The monoisotopic (exact) mass is 341 g/mol.